The first kappa shape index (κ1) is 11.1. The second-order valence-corrected chi connectivity index (χ2v) is 3.50. The van der Waals surface area contributed by atoms with E-state index < -0.39 is 4.92 Å². The van der Waals surface area contributed by atoms with Crippen molar-refractivity contribution in [2.75, 3.05) is 7.11 Å². The van der Waals surface area contributed by atoms with E-state index in [1.807, 2.05) is 0 Å². The minimum atomic E-state index is -0.435. The van der Waals surface area contributed by atoms with Crippen molar-refractivity contribution in [1.82, 2.24) is 9.78 Å². The number of ether oxygens (including phenoxy) is 1. The van der Waals surface area contributed by atoms with Crippen LogP contribution in [0.2, 0.25) is 0 Å². The minimum absolute atomic E-state index is 0.0199. The maximum atomic E-state index is 10.8. The fourth-order valence-corrected chi connectivity index (χ4v) is 1.54. The van der Waals surface area contributed by atoms with E-state index in [1.54, 1.807) is 29.2 Å². The molecule has 0 atom stereocenters. The van der Waals surface area contributed by atoms with Gasteiger partial charge in [-0.1, -0.05) is 0 Å². The number of rotatable bonds is 4. The van der Waals surface area contributed by atoms with Gasteiger partial charge in [-0.3, -0.25) is 14.8 Å². The smallest absolute Gasteiger partial charge is 0.273 e. The van der Waals surface area contributed by atoms with E-state index in [-0.39, 0.29) is 5.69 Å². The second kappa shape index (κ2) is 4.65. The Morgan fingerprint density at radius 2 is 2.29 bits per heavy atom. The molecule has 0 saturated heterocycles. The Morgan fingerprint density at radius 1 is 1.47 bits per heavy atom. The van der Waals surface area contributed by atoms with Crippen LogP contribution in [-0.4, -0.2) is 21.8 Å². The van der Waals surface area contributed by atoms with Crippen LogP contribution in [0.1, 0.15) is 5.56 Å². The van der Waals surface area contributed by atoms with Gasteiger partial charge >= 0.3 is 0 Å². The van der Waals surface area contributed by atoms with Gasteiger partial charge in [-0.05, 0) is 17.7 Å². The molecule has 2 rings (SSSR count). The van der Waals surface area contributed by atoms with Crippen molar-refractivity contribution in [2.45, 2.75) is 6.54 Å². The third-order valence-corrected chi connectivity index (χ3v) is 2.30. The molecule has 6 nitrogen and oxygen atoms in total. The average Bonchev–Trinajstić information content (AvgIpc) is 2.81. The molecule has 0 radical (unpaired) electrons. The maximum Gasteiger partial charge on any atom is 0.273 e. The summed E-state index contributed by atoms with van der Waals surface area (Å²) in [4.78, 5) is 10.3. The molecule has 17 heavy (non-hydrogen) atoms. The van der Waals surface area contributed by atoms with Gasteiger partial charge in [-0.2, -0.15) is 5.10 Å². The van der Waals surface area contributed by atoms with Gasteiger partial charge < -0.3 is 4.74 Å². The van der Waals surface area contributed by atoms with Gasteiger partial charge in [0.05, 0.1) is 24.6 Å². The molecular formula is C11H11N3O3. The van der Waals surface area contributed by atoms with Crippen molar-refractivity contribution in [3.8, 4) is 5.75 Å². The van der Waals surface area contributed by atoms with E-state index in [9.17, 15) is 10.1 Å². The lowest BCUT2D eigenvalue weighted by molar-refractivity contribution is -0.385. The first-order valence-corrected chi connectivity index (χ1v) is 4.99. The highest BCUT2D eigenvalue weighted by atomic mass is 16.6. The zero-order valence-electron chi connectivity index (χ0n) is 9.24. The van der Waals surface area contributed by atoms with Gasteiger partial charge in [0.1, 0.15) is 5.75 Å². The van der Waals surface area contributed by atoms with Crippen molar-refractivity contribution >= 4 is 5.69 Å². The van der Waals surface area contributed by atoms with E-state index in [1.165, 1.54) is 19.2 Å². The monoisotopic (exact) mass is 233 g/mol. The van der Waals surface area contributed by atoms with Gasteiger partial charge in [0.2, 0.25) is 0 Å². The van der Waals surface area contributed by atoms with Gasteiger partial charge in [-0.15, -0.1) is 0 Å². The Hall–Kier alpha value is -2.37. The first-order chi connectivity index (χ1) is 8.19. The van der Waals surface area contributed by atoms with E-state index in [0.717, 1.165) is 5.56 Å². The molecule has 0 bridgehead atoms. The molecule has 6 heteroatoms. The lowest BCUT2D eigenvalue weighted by Crippen LogP contribution is -2.01. The molecule has 0 aliphatic rings. The van der Waals surface area contributed by atoms with Crippen molar-refractivity contribution < 1.29 is 9.66 Å². The number of nitro groups is 1. The summed E-state index contributed by atoms with van der Waals surface area (Å²) in [7, 11) is 1.48. The lowest BCUT2D eigenvalue weighted by Gasteiger charge is -2.05. The Morgan fingerprint density at radius 3 is 2.88 bits per heavy atom. The standard InChI is InChI=1S/C11H11N3O3/c1-17-11-6-9(5-10(7-11)14(15)16)8-13-4-2-3-12-13/h2-7H,8H2,1H3. The Labute approximate surface area is 97.6 Å². The molecule has 1 aromatic carbocycles. The van der Waals surface area contributed by atoms with E-state index in [4.69, 9.17) is 4.74 Å². The summed E-state index contributed by atoms with van der Waals surface area (Å²) < 4.78 is 6.72. The van der Waals surface area contributed by atoms with Crippen LogP contribution in [0.3, 0.4) is 0 Å². The van der Waals surface area contributed by atoms with E-state index >= 15 is 0 Å². The average molecular weight is 233 g/mol. The predicted molar refractivity (Wildman–Crippen MR) is 61.0 cm³/mol. The number of nitrogens with zero attached hydrogens (tertiary/aromatic N) is 3. The number of aromatic nitrogens is 2. The van der Waals surface area contributed by atoms with Gasteiger partial charge in [0.15, 0.2) is 0 Å². The van der Waals surface area contributed by atoms with Gasteiger partial charge in [0.25, 0.3) is 5.69 Å². The molecule has 0 aliphatic heterocycles. The van der Waals surface area contributed by atoms with Crippen LogP contribution in [0.5, 0.6) is 5.75 Å². The van der Waals surface area contributed by atoms with Crippen molar-refractivity contribution in [2.24, 2.45) is 0 Å². The highest BCUT2D eigenvalue weighted by Gasteiger charge is 2.10. The SMILES string of the molecule is COc1cc(Cn2cccn2)cc([N+](=O)[O-])c1. The molecule has 0 spiro atoms. The zero-order valence-corrected chi connectivity index (χ0v) is 9.24. The highest BCUT2D eigenvalue weighted by Crippen LogP contribution is 2.22. The number of nitro benzene ring substituents is 1. The van der Waals surface area contributed by atoms with Crippen LogP contribution in [0.4, 0.5) is 5.69 Å². The number of hydrogen-bond acceptors (Lipinski definition) is 4. The molecule has 88 valence electrons. The Balaban J connectivity index is 2.33. The van der Waals surface area contributed by atoms with E-state index in [2.05, 4.69) is 5.10 Å². The maximum absolute atomic E-state index is 10.8. The van der Waals surface area contributed by atoms with Gasteiger partial charge in [0, 0.05) is 18.5 Å². The van der Waals surface area contributed by atoms with Crippen molar-refractivity contribution in [1.29, 1.82) is 0 Å². The summed E-state index contributed by atoms with van der Waals surface area (Å²) in [6, 6.07) is 6.47. The summed E-state index contributed by atoms with van der Waals surface area (Å²) in [5.41, 5.74) is 0.797. The number of methoxy groups -OCH3 is 1. The quantitative estimate of drug-likeness (QED) is 0.596. The summed E-state index contributed by atoms with van der Waals surface area (Å²) in [5, 5.41) is 14.8. The van der Waals surface area contributed by atoms with Crippen LogP contribution in [0.25, 0.3) is 0 Å². The molecule has 0 fully saturated rings. The third kappa shape index (κ3) is 2.60. The van der Waals surface area contributed by atoms with Crippen molar-refractivity contribution in [3.63, 3.8) is 0 Å². The molecule has 0 aliphatic carbocycles. The van der Waals surface area contributed by atoms with Crippen LogP contribution in [-0.2, 0) is 6.54 Å². The topological polar surface area (TPSA) is 70.2 Å². The molecule has 1 heterocycles. The highest BCUT2D eigenvalue weighted by molar-refractivity contribution is 5.42. The summed E-state index contributed by atoms with van der Waals surface area (Å²) >= 11 is 0. The fourth-order valence-electron chi connectivity index (χ4n) is 1.54. The predicted octanol–water partition coefficient (Wildman–Crippen LogP) is 1.85. The number of non-ortho nitro benzene ring substituents is 1. The third-order valence-electron chi connectivity index (χ3n) is 2.30. The summed E-state index contributed by atoms with van der Waals surface area (Å²) in [5.74, 6) is 0.473. The summed E-state index contributed by atoms with van der Waals surface area (Å²) in [6.07, 6.45) is 3.46. The number of benzene rings is 1. The molecule has 0 saturated carbocycles. The number of hydrogen-bond donors (Lipinski definition) is 0. The van der Waals surface area contributed by atoms with Crippen LogP contribution < -0.4 is 4.74 Å². The van der Waals surface area contributed by atoms with E-state index in [0.29, 0.717) is 12.3 Å². The largest absolute Gasteiger partial charge is 0.496 e. The molecule has 0 N–H and O–H groups in total. The van der Waals surface area contributed by atoms with Crippen molar-refractivity contribution in [3.05, 3.63) is 52.3 Å². The first-order valence-electron chi connectivity index (χ1n) is 4.99. The van der Waals surface area contributed by atoms with Crippen LogP contribution in [0, 0.1) is 10.1 Å². The minimum Gasteiger partial charge on any atom is -0.496 e. The Kier molecular flexibility index (Phi) is 3.04. The second-order valence-electron chi connectivity index (χ2n) is 3.50. The zero-order chi connectivity index (χ0) is 12.3. The van der Waals surface area contributed by atoms with Crippen LogP contribution in [0.15, 0.2) is 36.7 Å². The summed E-state index contributed by atoms with van der Waals surface area (Å²) in [6.45, 7) is 0.477. The molecule has 0 unspecified atom stereocenters. The molecule has 0 amide bonds. The Bertz CT molecular complexity index is 523. The van der Waals surface area contributed by atoms with Crippen LogP contribution >= 0.6 is 0 Å². The molecule has 1 aromatic heterocycles. The molecule has 2 aromatic rings. The lowest BCUT2D eigenvalue weighted by atomic mass is 10.2. The normalized spacial score (nSPS) is 10.2. The fraction of sp³-hybridized carbons (Fsp3) is 0.182. The molecular weight excluding hydrogens is 222 g/mol. The van der Waals surface area contributed by atoms with Gasteiger partial charge in [-0.25, -0.2) is 0 Å².